The first kappa shape index (κ1) is 16.4. The van der Waals surface area contributed by atoms with Crippen molar-refractivity contribution < 1.29 is 13.2 Å². The Bertz CT molecular complexity index is 841. The number of hydrogen-bond acceptors (Lipinski definition) is 4. The number of carbonyl (C=O) groups is 1. The molecule has 7 heteroatoms. The van der Waals surface area contributed by atoms with E-state index in [2.05, 4.69) is 9.82 Å². The summed E-state index contributed by atoms with van der Waals surface area (Å²) >= 11 is 0. The van der Waals surface area contributed by atoms with E-state index in [0.29, 0.717) is 19.4 Å². The number of rotatable bonds is 5. The zero-order valence-corrected chi connectivity index (χ0v) is 13.9. The predicted molar refractivity (Wildman–Crippen MR) is 89.6 cm³/mol. The van der Waals surface area contributed by atoms with E-state index in [-0.39, 0.29) is 10.8 Å². The van der Waals surface area contributed by atoms with Gasteiger partial charge in [-0.05, 0) is 24.8 Å². The van der Waals surface area contributed by atoms with Crippen LogP contribution in [0.4, 0.5) is 0 Å². The third-order valence-corrected chi connectivity index (χ3v) is 5.28. The van der Waals surface area contributed by atoms with E-state index in [1.54, 1.807) is 0 Å². The summed E-state index contributed by atoms with van der Waals surface area (Å²) in [6, 6.07) is 9.62. The van der Waals surface area contributed by atoms with Crippen LogP contribution in [0.25, 0.3) is 0 Å². The summed E-state index contributed by atoms with van der Waals surface area (Å²) in [4.78, 5) is 12.1. The Morgan fingerprint density at radius 3 is 2.75 bits per heavy atom. The van der Waals surface area contributed by atoms with Crippen LogP contribution in [0.15, 0.2) is 59.8 Å². The van der Waals surface area contributed by atoms with E-state index < -0.39 is 15.9 Å². The Kier molecular flexibility index (Phi) is 4.80. The Balaban J connectivity index is 1.68. The zero-order chi connectivity index (χ0) is 17.0. The maximum atomic E-state index is 12.3. The minimum atomic E-state index is -3.89. The van der Waals surface area contributed by atoms with E-state index in [9.17, 15) is 13.2 Å². The molecule has 1 heterocycles. The number of aromatic nitrogens is 2. The van der Waals surface area contributed by atoms with Gasteiger partial charge in [-0.25, -0.2) is 13.1 Å². The molecule has 0 bridgehead atoms. The first-order valence-electron chi connectivity index (χ1n) is 7.82. The summed E-state index contributed by atoms with van der Waals surface area (Å²) in [5.74, 6) is -0.737. The maximum absolute atomic E-state index is 12.3. The average molecular weight is 345 g/mol. The molecule has 1 amide bonds. The van der Waals surface area contributed by atoms with Crippen LogP contribution in [0, 0.1) is 5.92 Å². The third kappa shape index (κ3) is 3.91. The van der Waals surface area contributed by atoms with Gasteiger partial charge in [0.05, 0.1) is 12.7 Å². The van der Waals surface area contributed by atoms with Crippen molar-refractivity contribution in [3.05, 3.63) is 60.4 Å². The van der Waals surface area contributed by atoms with E-state index in [0.717, 1.165) is 12.0 Å². The molecule has 6 nitrogen and oxygen atoms in total. The molecule has 1 aliphatic rings. The quantitative estimate of drug-likeness (QED) is 0.842. The molecule has 1 N–H and O–H groups in total. The van der Waals surface area contributed by atoms with Crippen LogP contribution in [0.3, 0.4) is 0 Å². The van der Waals surface area contributed by atoms with Gasteiger partial charge in [-0.3, -0.25) is 9.48 Å². The number of hydrogen-bond donors (Lipinski definition) is 1. The molecule has 2 aromatic rings. The van der Waals surface area contributed by atoms with Crippen LogP contribution < -0.4 is 4.72 Å². The molecule has 3 rings (SSSR count). The van der Waals surface area contributed by atoms with Gasteiger partial charge in [-0.1, -0.05) is 42.5 Å². The monoisotopic (exact) mass is 345 g/mol. The molecule has 126 valence electrons. The van der Waals surface area contributed by atoms with Gasteiger partial charge in [0.25, 0.3) is 10.0 Å². The topological polar surface area (TPSA) is 81.1 Å². The van der Waals surface area contributed by atoms with Crippen LogP contribution in [-0.4, -0.2) is 24.1 Å². The summed E-state index contributed by atoms with van der Waals surface area (Å²) in [5.41, 5.74) is 1.02. The summed E-state index contributed by atoms with van der Waals surface area (Å²) in [7, 11) is -3.89. The summed E-state index contributed by atoms with van der Waals surface area (Å²) in [6.45, 7) is 0.470. The second kappa shape index (κ2) is 7.00. The molecule has 1 aliphatic carbocycles. The number of carbonyl (C=O) groups excluding carboxylic acids is 1. The van der Waals surface area contributed by atoms with Crippen molar-refractivity contribution in [2.75, 3.05) is 0 Å². The SMILES string of the molecule is O=C(NS(=O)(=O)c1cnn(Cc2ccccc2)c1)C1CC=CCC1. The van der Waals surface area contributed by atoms with Gasteiger partial charge < -0.3 is 0 Å². The lowest BCUT2D eigenvalue weighted by Gasteiger charge is -2.16. The van der Waals surface area contributed by atoms with Crippen molar-refractivity contribution in [3.8, 4) is 0 Å². The lowest BCUT2D eigenvalue weighted by molar-refractivity contribution is -0.123. The maximum Gasteiger partial charge on any atom is 0.267 e. The minimum absolute atomic E-state index is 0.00173. The van der Waals surface area contributed by atoms with Gasteiger partial charge >= 0.3 is 0 Å². The number of benzene rings is 1. The first-order valence-corrected chi connectivity index (χ1v) is 9.31. The van der Waals surface area contributed by atoms with Gasteiger partial charge in [0, 0.05) is 12.1 Å². The van der Waals surface area contributed by atoms with Crippen LogP contribution in [0.1, 0.15) is 24.8 Å². The molecule has 0 radical (unpaired) electrons. The van der Waals surface area contributed by atoms with E-state index >= 15 is 0 Å². The van der Waals surface area contributed by atoms with E-state index in [1.165, 1.54) is 17.1 Å². The van der Waals surface area contributed by atoms with Crippen molar-refractivity contribution in [2.45, 2.75) is 30.7 Å². The fourth-order valence-electron chi connectivity index (χ4n) is 2.65. The van der Waals surface area contributed by atoms with Crippen LogP contribution in [0.5, 0.6) is 0 Å². The number of amides is 1. The molecule has 0 saturated heterocycles. The highest BCUT2D eigenvalue weighted by atomic mass is 32.2. The average Bonchev–Trinajstić information content (AvgIpc) is 3.06. The predicted octanol–water partition coefficient (Wildman–Crippen LogP) is 2.09. The van der Waals surface area contributed by atoms with Crippen molar-refractivity contribution in [1.82, 2.24) is 14.5 Å². The molecule has 0 fully saturated rings. The number of sulfonamides is 1. The molecular weight excluding hydrogens is 326 g/mol. The second-order valence-corrected chi connectivity index (χ2v) is 7.49. The first-order chi connectivity index (χ1) is 11.5. The molecule has 1 aromatic carbocycles. The highest BCUT2D eigenvalue weighted by Gasteiger charge is 2.25. The molecular formula is C17H19N3O3S. The third-order valence-electron chi connectivity index (χ3n) is 3.98. The molecule has 0 spiro atoms. The lowest BCUT2D eigenvalue weighted by atomic mass is 9.94. The minimum Gasteiger partial charge on any atom is -0.274 e. The van der Waals surface area contributed by atoms with Crippen LogP contribution >= 0.6 is 0 Å². The fraction of sp³-hybridized carbons (Fsp3) is 0.294. The van der Waals surface area contributed by atoms with E-state index in [1.807, 2.05) is 42.5 Å². The van der Waals surface area contributed by atoms with Crippen molar-refractivity contribution in [3.63, 3.8) is 0 Å². The van der Waals surface area contributed by atoms with Gasteiger partial charge in [0.1, 0.15) is 4.90 Å². The summed E-state index contributed by atoms with van der Waals surface area (Å²) in [6.07, 6.45) is 8.67. The normalized spacial score (nSPS) is 17.6. The fourth-order valence-corrected chi connectivity index (χ4v) is 3.64. The Labute approximate surface area is 141 Å². The number of allylic oxidation sites excluding steroid dienone is 2. The van der Waals surface area contributed by atoms with Crippen LogP contribution in [-0.2, 0) is 21.4 Å². The number of nitrogens with one attached hydrogen (secondary N) is 1. The Morgan fingerprint density at radius 1 is 1.25 bits per heavy atom. The van der Waals surface area contributed by atoms with Crippen LogP contribution in [0.2, 0.25) is 0 Å². The largest absolute Gasteiger partial charge is 0.274 e. The molecule has 24 heavy (non-hydrogen) atoms. The highest BCUT2D eigenvalue weighted by molar-refractivity contribution is 7.90. The lowest BCUT2D eigenvalue weighted by Crippen LogP contribution is -2.35. The van der Waals surface area contributed by atoms with E-state index in [4.69, 9.17) is 0 Å². The summed E-state index contributed by atoms with van der Waals surface area (Å²) in [5, 5.41) is 4.07. The zero-order valence-electron chi connectivity index (χ0n) is 13.1. The second-order valence-electron chi connectivity index (χ2n) is 5.81. The Morgan fingerprint density at radius 2 is 2.04 bits per heavy atom. The molecule has 1 aromatic heterocycles. The molecule has 0 aliphatic heterocycles. The summed E-state index contributed by atoms with van der Waals surface area (Å²) < 4.78 is 28.4. The van der Waals surface area contributed by atoms with Crippen molar-refractivity contribution >= 4 is 15.9 Å². The van der Waals surface area contributed by atoms with Gasteiger partial charge in [0.2, 0.25) is 5.91 Å². The molecule has 1 atom stereocenters. The standard InChI is InChI=1S/C17H19N3O3S/c21-17(15-9-5-2-6-10-15)19-24(22,23)16-11-18-20(13-16)12-14-7-3-1-4-8-14/h1-5,7-8,11,13,15H,6,9-10,12H2,(H,19,21). The molecule has 0 saturated carbocycles. The van der Waals surface area contributed by atoms with Crippen molar-refractivity contribution in [1.29, 1.82) is 0 Å². The van der Waals surface area contributed by atoms with Gasteiger partial charge in [-0.2, -0.15) is 5.10 Å². The van der Waals surface area contributed by atoms with Gasteiger partial charge in [-0.15, -0.1) is 0 Å². The number of nitrogens with zero attached hydrogens (tertiary/aromatic N) is 2. The molecule has 1 unspecified atom stereocenters. The van der Waals surface area contributed by atoms with Gasteiger partial charge in [0.15, 0.2) is 0 Å². The smallest absolute Gasteiger partial charge is 0.267 e. The highest BCUT2D eigenvalue weighted by Crippen LogP contribution is 2.19. The van der Waals surface area contributed by atoms with Crippen molar-refractivity contribution in [2.24, 2.45) is 5.92 Å². The Hall–Kier alpha value is -2.41.